The fourth-order valence-corrected chi connectivity index (χ4v) is 3.48. The Labute approximate surface area is 152 Å². The van der Waals surface area contributed by atoms with Crippen LogP contribution in [0.2, 0.25) is 0 Å². The second-order valence-electron chi connectivity index (χ2n) is 6.89. The first-order valence-electron chi connectivity index (χ1n) is 9.09. The SMILES string of the molecule is Cc1ccc(-c2nnc3n2CCCCC3)cc1NC(=O)c1cccn1C. The van der Waals surface area contributed by atoms with Gasteiger partial charge in [-0.15, -0.1) is 10.2 Å². The number of aromatic nitrogens is 4. The summed E-state index contributed by atoms with van der Waals surface area (Å²) in [6, 6.07) is 9.75. The van der Waals surface area contributed by atoms with Crippen LogP contribution < -0.4 is 5.32 Å². The summed E-state index contributed by atoms with van der Waals surface area (Å²) in [5.74, 6) is 1.83. The van der Waals surface area contributed by atoms with Gasteiger partial charge in [-0.05, 0) is 43.5 Å². The minimum Gasteiger partial charge on any atom is -0.347 e. The number of benzene rings is 1. The Hall–Kier alpha value is -2.89. The maximum Gasteiger partial charge on any atom is 0.272 e. The number of rotatable bonds is 3. The Morgan fingerprint density at radius 2 is 2.04 bits per heavy atom. The Morgan fingerprint density at radius 3 is 2.85 bits per heavy atom. The maximum atomic E-state index is 12.6. The molecule has 3 heterocycles. The van der Waals surface area contributed by atoms with E-state index in [1.54, 1.807) is 0 Å². The fourth-order valence-electron chi connectivity index (χ4n) is 3.48. The van der Waals surface area contributed by atoms with Crippen molar-refractivity contribution in [3.05, 3.63) is 53.6 Å². The lowest BCUT2D eigenvalue weighted by molar-refractivity contribution is 0.101. The van der Waals surface area contributed by atoms with Gasteiger partial charge in [0.2, 0.25) is 0 Å². The van der Waals surface area contributed by atoms with Crippen molar-refractivity contribution in [3.63, 3.8) is 0 Å². The molecule has 1 aliphatic heterocycles. The van der Waals surface area contributed by atoms with Crippen LogP contribution in [0.25, 0.3) is 11.4 Å². The Balaban J connectivity index is 1.66. The molecule has 0 fully saturated rings. The number of amides is 1. The number of nitrogens with zero attached hydrogens (tertiary/aromatic N) is 4. The smallest absolute Gasteiger partial charge is 0.272 e. The molecule has 6 nitrogen and oxygen atoms in total. The van der Waals surface area contributed by atoms with Gasteiger partial charge in [-0.3, -0.25) is 4.79 Å². The third-order valence-corrected chi connectivity index (χ3v) is 5.03. The van der Waals surface area contributed by atoms with Gasteiger partial charge < -0.3 is 14.5 Å². The molecule has 4 rings (SSSR count). The lowest BCUT2D eigenvalue weighted by atomic mass is 10.1. The molecule has 134 valence electrons. The lowest BCUT2D eigenvalue weighted by Crippen LogP contribution is -2.16. The van der Waals surface area contributed by atoms with Gasteiger partial charge in [0.15, 0.2) is 5.82 Å². The fraction of sp³-hybridized carbons (Fsp3) is 0.350. The predicted molar refractivity (Wildman–Crippen MR) is 101 cm³/mol. The van der Waals surface area contributed by atoms with Gasteiger partial charge in [0.25, 0.3) is 5.91 Å². The molecule has 1 N–H and O–H groups in total. The van der Waals surface area contributed by atoms with Crippen LogP contribution in [0.15, 0.2) is 36.5 Å². The first-order valence-corrected chi connectivity index (χ1v) is 9.09. The van der Waals surface area contributed by atoms with Crippen molar-refractivity contribution in [2.24, 2.45) is 7.05 Å². The Morgan fingerprint density at radius 1 is 1.15 bits per heavy atom. The van der Waals surface area contributed by atoms with Gasteiger partial charge >= 0.3 is 0 Å². The summed E-state index contributed by atoms with van der Waals surface area (Å²) in [7, 11) is 1.86. The first-order chi connectivity index (χ1) is 12.6. The highest BCUT2D eigenvalue weighted by atomic mass is 16.1. The van der Waals surface area contributed by atoms with E-state index in [0.29, 0.717) is 5.69 Å². The zero-order chi connectivity index (χ0) is 18.1. The van der Waals surface area contributed by atoms with E-state index in [0.717, 1.165) is 47.8 Å². The zero-order valence-electron chi connectivity index (χ0n) is 15.2. The van der Waals surface area contributed by atoms with Crippen LogP contribution in [0.3, 0.4) is 0 Å². The van der Waals surface area contributed by atoms with E-state index in [4.69, 9.17) is 0 Å². The molecule has 0 aliphatic carbocycles. The van der Waals surface area contributed by atoms with Crippen molar-refractivity contribution in [2.45, 2.75) is 39.2 Å². The van der Waals surface area contributed by atoms with E-state index in [1.807, 2.05) is 49.0 Å². The summed E-state index contributed by atoms with van der Waals surface area (Å²) in [6.07, 6.45) is 6.40. The molecule has 2 aromatic heterocycles. The molecule has 1 amide bonds. The van der Waals surface area contributed by atoms with Crippen LogP contribution in [-0.2, 0) is 20.0 Å². The van der Waals surface area contributed by atoms with Gasteiger partial charge in [0.1, 0.15) is 11.5 Å². The topological polar surface area (TPSA) is 64.7 Å². The highest BCUT2D eigenvalue weighted by Gasteiger charge is 2.17. The lowest BCUT2D eigenvalue weighted by Gasteiger charge is -2.12. The van der Waals surface area contributed by atoms with Crippen molar-refractivity contribution in [1.82, 2.24) is 19.3 Å². The minimum atomic E-state index is -0.113. The van der Waals surface area contributed by atoms with Crippen LogP contribution in [0.4, 0.5) is 5.69 Å². The number of carbonyl (C=O) groups excluding carboxylic acids is 1. The average Bonchev–Trinajstić information content (AvgIpc) is 3.16. The molecule has 0 bridgehead atoms. The molecule has 26 heavy (non-hydrogen) atoms. The number of hydrogen-bond acceptors (Lipinski definition) is 3. The third kappa shape index (κ3) is 3.03. The van der Waals surface area contributed by atoms with Crippen LogP contribution >= 0.6 is 0 Å². The summed E-state index contributed by atoms with van der Waals surface area (Å²) in [4.78, 5) is 12.6. The predicted octanol–water partition coefficient (Wildman–Crippen LogP) is 3.57. The average molecular weight is 349 g/mol. The van der Waals surface area contributed by atoms with Crippen molar-refractivity contribution < 1.29 is 4.79 Å². The first kappa shape index (κ1) is 16.6. The van der Waals surface area contributed by atoms with Crippen LogP contribution in [0, 0.1) is 6.92 Å². The molecule has 0 unspecified atom stereocenters. The maximum absolute atomic E-state index is 12.6. The number of anilines is 1. The van der Waals surface area contributed by atoms with E-state index in [9.17, 15) is 4.79 Å². The number of aryl methyl sites for hydroxylation is 3. The van der Waals surface area contributed by atoms with Crippen molar-refractivity contribution >= 4 is 11.6 Å². The van der Waals surface area contributed by atoms with Gasteiger partial charge in [0.05, 0.1) is 0 Å². The summed E-state index contributed by atoms with van der Waals surface area (Å²) >= 11 is 0. The van der Waals surface area contributed by atoms with Crippen LogP contribution in [0.5, 0.6) is 0 Å². The molecule has 1 aliphatic rings. The van der Waals surface area contributed by atoms with Crippen molar-refractivity contribution in [1.29, 1.82) is 0 Å². The van der Waals surface area contributed by atoms with Gasteiger partial charge in [-0.2, -0.15) is 0 Å². The molecule has 0 spiro atoms. The molecule has 0 atom stereocenters. The number of nitrogens with one attached hydrogen (secondary N) is 1. The monoisotopic (exact) mass is 349 g/mol. The molecule has 6 heteroatoms. The number of carbonyl (C=O) groups is 1. The molecule has 0 saturated heterocycles. The zero-order valence-corrected chi connectivity index (χ0v) is 15.2. The van der Waals surface area contributed by atoms with Gasteiger partial charge in [0, 0.05) is 37.5 Å². The van der Waals surface area contributed by atoms with Gasteiger partial charge in [-0.1, -0.05) is 18.6 Å². The summed E-state index contributed by atoms with van der Waals surface area (Å²) in [5.41, 5.74) is 3.44. The molecular formula is C20H23N5O. The number of hydrogen-bond donors (Lipinski definition) is 1. The van der Waals surface area contributed by atoms with E-state index in [2.05, 4.69) is 26.1 Å². The van der Waals surface area contributed by atoms with E-state index >= 15 is 0 Å². The molecule has 0 radical (unpaired) electrons. The Bertz CT molecular complexity index is 953. The highest BCUT2D eigenvalue weighted by Crippen LogP contribution is 2.27. The van der Waals surface area contributed by atoms with Crippen molar-refractivity contribution in [2.75, 3.05) is 5.32 Å². The third-order valence-electron chi connectivity index (χ3n) is 5.03. The second kappa shape index (κ2) is 6.78. The van der Waals surface area contributed by atoms with Gasteiger partial charge in [-0.25, -0.2) is 0 Å². The van der Waals surface area contributed by atoms with Crippen LogP contribution in [-0.4, -0.2) is 25.2 Å². The molecule has 0 saturated carbocycles. The normalized spacial score (nSPS) is 13.9. The second-order valence-corrected chi connectivity index (χ2v) is 6.89. The van der Waals surface area contributed by atoms with Crippen molar-refractivity contribution in [3.8, 4) is 11.4 Å². The largest absolute Gasteiger partial charge is 0.347 e. The quantitative estimate of drug-likeness (QED) is 0.786. The van der Waals surface area contributed by atoms with Crippen LogP contribution in [0.1, 0.15) is 41.1 Å². The molecular weight excluding hydrogens is 326 g/mol. The van der Waals surface area contributed by atoms with E-state index in [-0.39, 0.29) is 5.91 Å². The van der Waals surface area contributed by atoms with E-state index in [1.165, 1.54) is 12.8 Å². The summed E-state index contributed by atoms with van der Waals surface area (Å²) < 4.78 is 4.04. The molecule has 1 aromatic carbocycles. The summed E-state index contributed by atoms with van der Waals surface area (Å²) in [5, 5.41) is 11.8. The Kier molecular flexibility index (Phi) is 4.32. The standard InChI is InChI=1S/C20H23N5O/c1-14-9-10-15(19-23-22-18-8-4-3-5-12-25(18)19)13-16(14)21-20(26)17-7-6-11-24(17)2/h6-7,9-11,13H,3-5,8,12H2,1-2H3,(H,21,26). The number of fused-ring (bicyclic) bond motifs is 1. The minimum absolute atomic E-state index is 0.113. The van der Waals surface area contributed by atoms with E-state index < -0.39 is 0 Å². The summed E-state index contributed by atoms with van der Waals surface area (Å²) in [6.45, 7) is 2.95. The highest BCUT2D eigenvalue weighted by molar-refractivity contribution is 6.03. The molecule has 3 aromatic rings.